The van der Waals surface area contributed by atoms with Gasteiger partial charge in [-0.3, -0.25) is 0 Å². The Labute approximate surface area is 63.1 Å². The zero-order chi connectivity index (χ0) is 4.99. The topological polar surface area (TPSA) is 3.24 Å². The molecule has 0 aliphatic rings. The van der Waals surface area contributed by atoms with Crippen molar-refractivity contribution in [3.63, 3.8) is 0 Å². The average molecular weight is 205 g/mol. The Balaban J connectivity index is 0. The molecule has 0 aliphatic heterocycles. The second-order valence-corrected chi connectivity index (χ2v) is 2.38. The van der Waals surface area contributed by atoms with Crippen molar-refractivity contribution in [2.75, 3.05) is 13.1 Å². The molecule has 0 radical (unpaired) electrons. The maximum Gasteiger partial charge on any atom is -0.147 e. The molecule has 0 aromatic heterocycles. The van der Waals surface area contributed by atoms with Crippen molar-refractivity contribution in [3.05, 3.63) is 0 Å². The third-order valence-electron chi connectivity index (χ3n) is 0.705. The zero-order valence-electron chi connectivity index (χ0n) is 4.68. The number of hydrogen-bond acceptors (Lipinski definition) is 1. The molecule has 0 heterocycles. The molecule has 0 aromatic carbocycles. The van der Waals surface area contributed by atoms with Crippen LogP contribution in [0.4, 0.5) is 0 Å². The van der Waals surface area contributed by atoms with Crippen LogP contribution in [0.25, 0.3) is 0 Å². The second-order valence-electron chi connectivity index (χ2n) is 1.11. The summed E-state index contributed by atoms with van der Waals surface area (Å²) in [4.78, 5) is 0. The SMILES string of the molecule is CC[N]([Mo])CC.Cl. The number of halogens is 1. The van der Waals surface area contributed by atoms with Gasteiger partial charge in [-0.15, -0.1) is 12.4 Å². The first-order valence-corrected chi connectivity index (χ1v) is 3.13. The van der Waals surface area contributed by atoms with Gasteiger partial charge in [-0.05, 0) is 0 Å². The van der Waals surface area contributed by atoms with Crippen LogP contribution in [0.1, 0.15) is 13.8 Å². The zero-order valence-corrected chi connectivity index (χ0v) is 7.50. The van der Waals surface area contributed by atoms with Crippen molar-refractivity contribution < 1.29 is 20.1 Å². The Morgan fingerprint density at radius 1 is 1.29 bits per heavy atom. The summed E-state index contributed by atoms with van der Waals surface area (Å²) in [6.07, 6.45) is 0. The summed E-state index contributed by atoms with van der Waals surface area (Å²) in [5.41, 5.74) is 0. The molecule has 0 bridgehead atoms. The molecule has 0 unspecified atom stereocenters. The summed E-state index contributed by atoms with van der Waals surface area (Å²) in [6.45, 7) is 6.65. The quantitative estimate of drug-likeness (QED) is 0.611. The van der Waals surface area contributed by atoms with Crippen molar-refractivity contribution in [2.24, 2.45) is 0 Å². The van der Waals surface area contributed by atoms with Crippen molar-refractivity contribution in [3.8, 4) is 0 Å². The van der Waals surface area contributed by atoms with Gasteiger partial charge in [0.25, 0.3) is 0 Å². The first-order chi connectivity index (χ1) is 2.81. The molecule has 0 amide bonds. The predicted octanol–water partition coefficient (Wildman–Crippen LogP) is 1.21. The molecule has 3 heteroatoms. The van der Waals surface area contributed by atoms with Gasteiger partial charge in [-0.25, -0.2) is 0 Å². The van der Waals surface area contributed by atoms with E-state index in [1.807, 2.05) is 20.1 Å². The first kappa shape index (κ1) is 10.8. The van der Waals surface area contributed by atoms with Crippen LogP contribution in [0.5, 0.6) is 0 Å². The largest absolute Gasteiger partial charge is 0.147 e. The van der Waals surface area contributed by atoms with Gasteiger partial charge >= 0.3 is 50.5 Å². The van der Waals surface area contributed by atoms with E-state index in [0.29, 0.717) is 0 Å². The summed E-state index contributed by atoms with van der Waals surface area (Å²) in [5, 5.41) is 0. The van der Waals surface area contributed by atoms with Gasteiger partial charge in [0, 0.05) is 0 Å². The van der Waals surface area contributed by atoms with Crippen molar-refractivity contribution >= 4 is 12.4 Å². The molecule has 0 atom stereocenters. The normalized spacial score (nSPS) is 8.43. The summed E-state index contributed by atoms with van der Waals surface area (Å²) >= 11 is 2.05. The van der Waals surface area contributed by atoms with E-state index in [9.17, 15) is 0 Å². The third-order valence-corrected chi connectivity index (χ3v) is 1.97. The van der Waals surface area contributed by atoms with Crippen LogP contribution in [0.3, 0.4) is 0 Å². The van der Waals surface area contributed by atoms with Gasteiger partial charge < -0.3 is 0 Å². The number of nitrogens with zero attached hydrogens (tertiary/aromatic N) is 1. The van der Waals surface area contributed by atoms with E-state index >= 15 is 0 Å². The van der Waals surface area contributed by atoms with Crippen LogP contribution >= 0.6 is 12.4 Å². The van der Waals surface area contributed by atoms with Crippen molar-refractivity contribution in [2.45, 2.75) is 13.8 Å². The Bertz CT molecular complexity index is 30.9. The fourth-order valence-corrected chi connectivity index (χ4v) is 0.224. The molecule has 0 N–H and O–H groups in total. The van der Waals surface area contributed by atoms with E-state index in [1.165, 1.54) is 13.1 Å². The van der Waals surface area contributed by atoms with Gasteiger partial charge in [-0.1, -0.05) is 0 Å². The maximum atomic E-state index is 2.26. The number of rotatable bonds is 2. The Kier molecular flexibility index (Phi) is 10.7. The van der Waals surface area contributed by atoms with Gasteiger partial charge in [0.15, 0.2) is 0 Å². The molecule has 45 valence electrons. The summed E-state index contributed by atoms with van der Waals surface area (Å²) < 4.78 is 2.26. The minimum Gasteiger partial charge on any atom is -0.147 e. The maximum absolute atomic E-state index is 2.26. The van der Waals surface area contributed by atoms with Crippen molar-refractivity contribution in [1.82, 2.24) is 3.46 Å². The van der Waals surface area contributed by atoms with Crippen LogP contribution in [0, 0.1) is 0 Å². The summed E-state index contributed by atoms with van der Waals surface area (Å²) in [5.74, 6) is 0. The molecule has 1 nitrogen and oxygen atoms in total. The fraction of sp³-hybridized carbons (Fsp3) is 1.00. The molecule has 0 fully saturated rings. The molecular weight excluding hydrogens is 193 g/mol. The summed E-state index contributed by atoms with van der Waals surface area (Å²) in [7, 11) is 0. The van der Waals surface area contributed by atoms with E-state index in [2.05, 4.69) is 17.3 Å². The second kappa shape index (κ2) is 6.94. The standard InChI is InChI=1S/C4H10N.ClH.Mo/c1-3-5-4-2;;/h3-4H2,1-2H3;1H;/q-1;;+1. The van der Waals surface area contributed by atoms with Gasteiger partial charge in [0.1, 0.15) is 0 Å². The van der Waals surface area contributed by atoms with Crippen LogP contribution < -0.4 is 0 Å². The monoisotopic (exact) mass is 206 g/mol. The molecular formula is C4H11ClMoN. The number of hydrogen-bond donors (Lipinski definition) is 0. The smallest absolute Gasteiger partial charge is 0.147 e. The molecule has 0 aromatic rings. The van der Waals surface area contributed by atoms with Gasteiger partial charge in [0.2, 0.25) is 0 Å². The van der Waals surface area contributed by atoms with Crippen LogP contribution in [0.2, 0.25) is 0 Å². The molecule has 0 aliphatic carbocycles. The molecule has 0 rings (SSSR count). The van der Waals surface area contributed by atoms with E-state index in [0.717, 1.165) is 0 Å². The Morgan fingerprint density at radius 3 is 1.57 bits per heavy atom. The van der Waals surface area contributed by atoms with Crippen molar-refractivity contribution in [1.29, 1.82) is 0 Å². The van der Waals surface area contributed by atoms with Crippen LogP contribution in [-0.2, 0) is 20.1 Å². The molecule has 7 heavy (non-hydrogen) atoms. The van der Waals surface area contributed by atoms with E-state index in [1.54, 1.807) is 0 Å². The van der Waals surface area contributed by atoms with Gasteiger partial charge in [0.05, 0.1) is 0 Å². The fourth-order valence-electron chi connectivity index (χ4n) is 0.224. The van der Waals surface area contributed by atoms with E-state index in [-0.39, 0.29) is 12.4 Å². The molecule has 0 saturated heterocycles. The Hall–Kier alpha value is 0.938. The summed E-state index contributed by atoms with van der Waals surface area (Å²) in [6, 6.07) is 0. The molecule has 0 saturated carbocycles. The third kappa shape index (κ3) is 6.94. The van der Waals surface area contributed by atoms with E-state index < -0.39 is 0 Å². The van der Waals surface area contributed by atoms with Crippen LogP contribution in [0.15, 0.2) is 0 Å². The minimum atomic E-state index is 0. The first-order valence-electron chi connectivity index (χ1n) is 2.23. The minimum absolute atomic E-state index is 0. The van der Waals surface area contributed by atoms with Crippen LogP contribution in [-0.4, -0.2) is 16.5 Å². The average Bonchev–Trinajstić information content (AvgIpc) is 1.65. The molecule has 0 spiro atoms. The van der Waals surface area contributed by atoms with E-state index in [4.69, 9.17) is 0 Å². The van der Waals surface area contributed by atoms with Gasteiger partial charge in [-0.2, -0.15) is 0 Å². The predicted molar refractivity (Wildman–Crippen MR) is 30.2 cm³/mol. The Morgan fingerprint density at radius 2 is 1.57 bits per heavy atom.